The van der Waals surface area contributed by atoms with Gasteiger partial charge < -0.3 is 14.6 Å². The Hall–Kier alpha value is -2.66. The number of rotatable bonds is 2. The average Bonchev–Trinajstić information content (AvgIpc) is 3.36. The third kappa shape index (κ3) is 2.35. The highest BCUT2D eigenvalue weighted by Crippen LogP contribution is 2.43. The van der Waals surface area contributed by atoms with Crippen molar-refractivity contribution < 1.29 is 4.79 Å². The smallest absolute Gasteiger partial charge is 0.255 e. The first kappa shape index (κ1) is 14.7. The Morgan fingerprint density at radius 1 is 1.12 bits per heavy atom. The van der Waals surface area contributed by atoms with Crippen LogP contribution in [-0.4, -0.2) is 39.8 Å². The van der Waals surface area contributed by atoms with Crippen molar-refractivity contribution in [1.82, 2.24) is 19.6 Å². The van der Waals surface area contributed by atoms with Gasteiger partial charge >= 0.3 is 0 Å². The zero-order chi connectivity index (χ0) is 16.8. The number of pyridine rings is 1. The highest BCUT2D eigenvalue weighted by Gasteiger charge is 2.46. The van der Waals surface area contributed by atoms with Gasteiger partial charge in [-0.3, -0.25) is 4.79 Å². The molecule has 25 heavy (non-hydrogen) atoms. The van der Waals surface area contributed by atoms with Crippen molar-refractivity contribution in [2.75, 3.05) is 19.6 Å². The lowest BCUT2D eigenvalue weighted by molar-refractivity contribution is 0.0713. The van der Waals surface area contributed by atoms with E-state index in [9.17, 15) is 4.79 Å². The van der Waals surface area contributed by atoms with Crippen LogP contribution in [0.15, 0.2) is 61.1 Å². The summed E-state index contributed by atoms with van der Waals surface area (Å²) < 4.78 is 1.91. The van der Waals surface area contributed by atoms with Gasteiger partial charge in [-0.05, 0) is 23.6 Å². The average molecular weight is 332 g/mol. The molecular formula is C20H20N4O. The summed E-state index contributed by atoms with van der Waals surface area (Å²) in [5.74, 6) is 1.13. The van der Waals surface area contributed by atoms with E-state index in [0.717, 1.165) is 30.8 Å². The highest BCUT2D eigenvalue weighted by atomic mass is 16.2. The molecule has 2 aliphatic heterocycles. The van der Waals surface area contributed by atoms with Gasteiger partial charge in [-0.15, -0.1) is 0 Å². The Kier molecular flexibility index (Phi) is 3.35. The first-order chi connectivity index (χ1) is 12.3. The number of aromatic nitrogens is 2. The van der Waals surface area contributed by atoms with Crippen molar-refractivity contribution in [1.29, 1.82) is 0 Å². The number of amides is 1. The van der Waals surface area contributed by atoms with Crippen LogP contribution >= 0.6 is 0 Å². The van der Waals surface area contributed by atoms with Gasteiger partial charge in [0.15, 0.2) is 0 Å². The second kappa shape index (κ2) is 5.70. The molecular weight excluding hydrogens is 312 g/mol. The topological polar surface area (TPSA) is 49.6 Å². The van der Waals surface area contributed by atoms with E-state index in [1.807, 2.05) is 35.0 Å². The molecule has 0 aliphatic carbocycles. The summed E-state index contributed by atoms with van der Waals surface area (Å²) in [6, 6.07) is 14.4. The van der Waals surface area contributed by atoms with Crippen molar-refractivity contribution in [3.63, 3.8) is 0 Å². The summed E-state index contributed by atoms with van der Waals surface area (Å²) in [5.41, 5.74) is 2.81. The number of hydrogen-bond donors (Lipinski definition) is 1. The maximum atomic E-state index is 13.3. The van der Waals surface area contributed by atoms with Crippen molar-refractivity contribution in [3.8, 4) is 0 Å². The summed E-state index contributed by atoms with van der Waals surface area (Å²) in [6.07, 6.45) is 5.52. The number of imidazole rings is 1. The van der Waals surface area contributed by atoms with E-state index in [-0.39, 0.29) is 11.9 Å². The van der Waals surface area contributed by atoms with Gasteiger partial charge in [0.1, 0.15) is 5.65 Å². The minimum Gasteiger partial charge on any atom is -0.331 e. The van der Waals surface area contributed by atoms with E-state index in [2.05, 4.69) is 39.5 Å². The fraction of sp³-hybridized carbons (Fsp3) is 0.300. The van der Waals surface area contributed by atoms with Gasteiger partial charge in [-0.1, -0.05) is 30.3 Å². The molecule has 2 saturated heterocycles. The lowest BCUT2D eigenvalue weighted by Gasteiger charge is -2.28. The summed E-state index contributed by atoms with van der Waals surface area (Å²) in [7, 11) is 0. The molecule has 5 nitrogen and oxygen atoms in total. The van der Waals surface area contributed by atoms with Gasteiger partial charge in [0.25, 0.3) is 5.91 Å². The van der Waals surface area contributed by atoms with Crippen LogP contribution < -0.4 is 5.32 Å². The molecule has 1 N–H and O–H groups in total. The highest BCUT2D eigenvalue weighted by molar-refractivity contribution is 5.94. The number of carbonyl (C=O) groups excluding carboxylic acids is 1. The van der Waals surface area contributed by atoms with Crippen LogP contribution in [0.4, 0.5) is 0 Å². The number of carbonyl (C=O) groups is 1. The van der Waals surface area contributed by atoms with Crippen molar-refractivity contribution in [2.45, 2.75) is 6.04 Å². The number of nitrogens with zero attached hydrogens (tertiary/aromatic N) is 3. The molecule has 0 spiro atoms. The molecule has 5 heteroatoms. The van der Waals surface area contributed by atoms with Crippen LogP contribution in [0.3, 0.4) is 0 Å². The van der Waals surface area contributed by atoms with Crippen LogP contribution in [-0.2, 0) is 0 Å². The molecule has 5 rings (SSSR count). The van der Waals surface area contributed by atoms with Crippen LogP contribution in [0.2, 0.25) is 0 Å². The number of fused-ring (bicyclic) bond motifs is 2. The summed E-state index contributed by atoms with van der Waals surface area (Å²) >= 11 is 0. The van der Waals surface area contributed by atoms with Crippen molar-refractivity contribution in [2.24, 2.45) is 11.8 Å². The maximum Gasteiger partial charge on any atom is 0.255 e. The molecule has 126 valence electrons. The lowest BCUT2D eigenvalue weighted by atomic mass is 9.89. The molecule has 3 atom stereocenters. The molecule has 0 radical (unpaired) electrons. The Morgan fingerprint density at radius 3 is 2.88 bits per heavy atom. The predicted octanol–water partition coefficient (Wildman–Crippen LogP) is 2.37. The second-order valence-electron chi connectivity index (χ2n) is 7.01. The molecule has 0 bridgehead atoms. The molecule has 2 aromatic heterocycles. The normalized spacial score (nSPS) is 25.4. The number of benzene rings is 1. The molecule has 2 aliphatic rings. The summed E-state index contributed by atoms with van der Waals surface area (Å²) in [5, 5.41) is 3.49. The van der Waals surface area contributed by atoms with Crippen LogP contribution in [0, 0.1) is 11.8 Å². The zero-order valence-electron chi connectivity index (χ0n) is 13.9. The SMILES string of the molecule is O=C(c1ccc2nccn2c1)N1C[C@@H]2CNC[C@@H]2[C@@H]1c1ccccc1. The van der Waals surface area contributed by atoms with Gasteiger partial charge in [0, 0.05) is 44.1 Å². The second-order valence-corrected chi connectivity index (χ2v) is 7.01. The Balaban J connectivity index is 1.53. The molecule has 1 amide bonds. The monoisotopic (exact) mass is 332 g/mol. The first-order valence-corrected chi connectivity index (χ1v) is 8.80. The van der Waals surface area contributed by atoms with Crippen LogP contribution in [0.25, 0.3) is 5.65 Å². The zero-order valence-corrected chi connectivity index (χ0v) is 13.9. The minimum absolute atomic E-state index is 0.110. The van der Waals surface area contributed by atoms with Crippen molar-refractivity contribution >= 4 is 11.6 Å². The van der Waals surface area contributed by atoms with Crippen LogP contribution in [0.1, 0.15) is 22.0 Å². The number of likely N-dealkylation sites (tertiary alicyclic amines) is 1. The first-order valence-electron chi connectivity index (χ1n) is 8.80. The minimum atomic E-state index is 0.110. The Labute approximate surface area is 146 Å². The van der Waals surface area contributed by atoms with E-state index < -0.39 is 0 Å². The largest absolute Gasteiger partial charge is 0.331 e. The van der Waals surface area contributed by atoms with E-state index in [1.165, 1.54) is 5.56 Å². The quantitative estimate of drug-likeness (QED) is 0.784. The fourth-order valence-electron chi connectivity index (χ4n) is 4.42. The molecule has 2 fully saturated rings. The van der Waals surface area contributed by atoms with Gasteiger partial charge in [0.2, 0.25) is 0 Å². The van der Waals surface area contributed by atoms with Gasteiger partial charge in [0.05, 0.1) is 11.6 Å². The fourth-order valence-corrected chi connectivity index (χ4v) is 4.42. The van der Waals surface area contributed by atoms with E-state index >= 15 is 0 Å². The third-order valence-electron chi connectivity index (χ3n) is 5.60. The maximum absolute atomic E-state index is 13.3. The van der Waals surface area contributed by atoms with Gasteiger partial charge in [-0.2, -0.15) is 0 Å². The number of hydrogen-bond acceptors (Lipinski definition) is 3. The number of nitrogens with one attached hydrogen (secondary N) is 1. The molecule has 1 aromatic carbocycles. The van der Waals surface area contributed by atoms with Crippen LogP contribution in [0.5, 0.6) is 0 Å². The molecule has 3 aromatic rings. The Bertz CT molecular complexity index is 920. The molecule has 4 heterocycles. The van der Waals surface area contributed by atoms with Gasteiger partial charge in [-0.25, -0.2) is 4.98 Å². The summed E-state index contributed by atoms with van der Waals surface area (Å²) in [4.78, 5) is 19.6. The van der Waals surface area contributed by atoms with E-state index in [4.69, 9.17) is 0 Å². The molecule has 0 unspecified atom stereocenters. The van der Waals surface area contributed by atoms with E-state index in [1.54, 1.807) is 6.20 Å². The Morgan fingerprint density at radius 2 is 2.00 bits per heavy atom. The molecule has 0 saturated carbocycles. The van der Waals surface area contributed by atoms with Crippen molar-refractivity contribution in [3.05, 3.63) is 72.2 Å². The lowest BCUT2D eigenvalue weighted by Crippen LogP contribution is -2.34. The summed E-state index contributed by atoms with van der Waals surface area (Å²) in [6.45, 7) is 2.80. The standard InChI is InChI=1S/C20H20N4O/c25-20(15-6-7-18-22-8-9-23(18)12-15)24-13-16-10-21-11-17(16)19(24)14-4-2-1-3-5-14/h1-9,12,16-17,19,21H,10-11,13H2/t16-,17-,19-/m0/s1. The third-order valence-corrected chi connectivity index (χ3v) is 5.60. The van der Waals surface area contributed by atoms with E-state index in [0.29, 0.717) is 11.8 Å². The predicted molar refractivity (Wildman–Crippen MR) is 95.3 cm³/mol.